The highest BCUT2D eigenvalue weighted by Gasteiger charge is 2.33. The number of aryl methyl sites for hydroxylation is 1. The molecule has 3 aromatic rings. The molecule has 1 N–H and O–H groups in total. The standard InChI is InChI=1S/C21H17F4N3O2/c1-10-5-13(8-17(24)19(10)25)26-21(29)28-9-15-18(6-11(28)2)27-30-20(15)14-4-3-12(22)7-16(14)23/h3-5,7-8,11H,6,9H2,1-2H3,(H,26,29)/t11-/m0/s1. The zero-order valence-electron chi connectivity index (χ0n) is 16.1. The first-order valence-electron chi connectivity index (χ1n) is 9.20. The molecule has 2 aromatic carbocycles. The molecule has 1 aliphatic heterocycles. The van der Waals surface area contributed by atoms with Gasteiger partial charge in [-0.15, -0.1) is 0 Å². The van der Waals surface area contributed by atoms with E-state index in [0.29, 0.717) is 17.7 Å². The van der Waals surface area contributed by atoms with Crippen LogP contribution in [-0.2, 0) is 13.0 Å². The molecule has 0 spiro atoms. The molecule has 9 heteroatoms. The van der Waals surface area contributed by atoms with Crippen LogP contribution in [0.2, 0.25) is 0 Å². The van der Waals surface area contributed by atoms with Gasteiger partial charge in [-0.1, -0.05) is 5.16 Å². The summed E-state index contributed by atoms with van der Waals surface area (Å²) in [4.78, 5) is 14.3. The molecule has 0 fully saturated rings. The number of carbonyl (C=O) groups excluding carboxylic acids is 1. The Labute approximate surface area is 169 Å². The van der Waals surface area contributed by atoms with Gasteiger partial charge in [0.05, 0.1) is 17.8 Å². The maximum absolute atomic E-state index is 14.2. The highest BCUT2D eigenvalue weighted by Crippen LogP contribution is 2.34. The molecule has 0 aliphatic carbocycles. The zero-order valence-corrected chi connectivity index (χ0v) is 16.1. The average molecular weight is 419 g/mol. The van der Waals surface area contributed by atoms with Crippen molar-refractivity contribution in [3.05, 3.63) is 70.4 Å². The maximum atomic E-state index is 14.2. The van der Waals surface area contributed by atoms with E-state index in [1.54, 1.807) is 6.92 Å². The summed E-state index contributed by atoms with van der Waals surface area (Å²) in [6, 6.07) is 4.51. The summed E-state index contributed by atoms with van der Waals surface area (Å²) in [5.41, 5.74) is 1.30. The summed E-state index contributed by atoms with van der Waals surface area (Å²) in [6.07, 6.45) is 0.353. The molecule has 156 valence electrons. The number of nitrogens with zero attached hydrogens (tertiary/aromatic N) is 2. The third kappa shape index (κ3) is 3.51. The first-order valence-corrected chi connectivity index (χ1v) is 9.20. The fourth-order valence-electron chi connectivity index (χ4n) is 3.53. The van der Waals surface area contributed by atoms with Gasteiger partial charge in [-0.05, 0) is 37.6 Å². The number of amides is 2. The number of benzene rings is 2. The van der Waals surface area contributed by atoms with Crippen molar-refractivity contribution in [2.75, 3.05) is 5.32 Å². The van der Waals surface area contributed by atoms with Gasteiger partial charge in [-0.3, -0.25) is 0 Å². The van der Waals surface area contributed by atoms with Crippen LogP contribution in [-0.4, -0.2) is 22.1 Å². The Kier molecular flexibility index (Phi) is 4.97. The van der Waals surface area contributed by atoms with Crippen LogP contribution in [0, 0.1) is 30.2 Å². The van der Waals surface area contributed by atoms with Crippen molar-refractivity contribution in [3.63, 3.8) is 0 Å². The maximum Gasteiger partial charge on any atom is 0.322 e. The minimum Gasteiger partial charge on any atom is -0.356 e. The number of halogens is 4. The first kappa shape index (κ1) is 19.9. The van der Waals surface area contributed by atoms with Gasteiger partial charge in [0.2, 0.25) is 0 Å². The fraction of sp³-hybridized carbons (Fsp3) is 0.238. The Morgan fingerprint density at radius 2 is 1.93 bits per heavy atom. The van der Waals surface area contributed by atoms with Crippen LogP contribution in [0.4, 0.5) is 28.0 Å². The van der Waals surface area contributed by atoms with Gasteiger partial charge in [0, 0.05) is 35.8 Å². The van der Waals surface area contributed by atoms with E-state index in [4.69, 9.17) is 4.52 Å². The van der Waals surface area contributed by atoms with Gasteiger partial charge in [0.1, 0.15) is 11.6 Å². The van der Waals surface area contributed by atoms with Gasteiger partial charge >= 0.3 is 6.03 Å². The van der Waals surface area contributed by atoms with Crippen LogP contribution in [0.3, 0.4) is 0 Å². The van der Waals surface area contributed by atoms with Gasteiger partial charge in [-0.2, -0.15) is 0 Å². The van der Waals surface area contributed by atoms with Crippen LogP contribution in [0.15, 0.2) is 34.9 Å². The second-order valence-corrected chi connectivity index (χ2v) is 7.26. The second-order valence-electron chi connectivity index (χ2n) is 7.26. The molecule has 4 rings (SSSR count). The number of anilines is 1. The van der Waals surface area contributed by atoms with Crippen molar-refractivity contribution in [2.45, 2.75) is 32.9 Å². The number of rotatable bonds is 2. The molecular formula is C21H17F4N3O2. The number of nitrogens with one attached hydrogen (secondary N) is 1. The van der Waals surface area contributed by atoms with Crippen LogP contribution in [0.1, 0.15) is 23.7 Å². The molecular weight excluding hydrogens is 402 g/mol. The molecule has 1 aromatic heterocycles. The smallest absolute Gasteiger partial charge is 0.322 e. The van der Waals surface area contributed by atoms with Crippen molar-refractivity contribution in [1.29, 1.82) is 0 Å². The second kappa shape index (κ2) is 7.47. The van der Waals surface area contributed by atoms with Gasteiger partial charge < -0.3 is 14.7 Å². The number of fused-ring (bicyclic) bond motifs is 1. The highest BCUT2D eigenvalue weighted by molar-refractivity contribution is 5.90. The lowest BCUT2D eigenvalue weighted by Gasteiger charge is -2.32. The molecule has 30 heavy (non-hydrogen) atoms. The molecule has 1 atom stereocenters. The van der Waals surface area contributed by atoms with Gasteiger partial charge in [0.15, 0.2) is 17.4 Å². The fourth-order valence-corrected chi connectivity index (χ4v) is 3.53. The highest BCUT2D eigenvalue weighted by atomic mass is 19.2. The lowest BCUT2D eigenvalue weighted by Crippen LogP contribution is -2.44. The third-order valence-corrected chi connectivity index (χ3v) is 5.12. The normalized spacial score (nSPS) is 15.8. The molecule has 1 aliphatic rings. The van der Waals surface area contributed by atoms with Crippen LogP contribution in [0.25, 0.3) is 11.3 Å². The first-order chi connectivity index (χ1) is 14.2. The molecule has 0 bridgehead atoms. The van der Waals surface area contributed by atoms with Gasteiger partial charge in [-0.25, -0.2) is 22.4 Å². The van der Waals surface area contributed by atoms with Crippen LogP contribution in [0.5, 0.6) is 0 Å². The van der Waals surface area contributed by atoms with Gasteiger partial charge in [0.25, 0.3) is 0 Å². The largest absolute Gasteiger partial charge is 0.356 e. The van der Waals surface area contributed by atoms with Crippen LogP contribution < -0.4 is 5.32 Å². The molecule has 5 nitrogen and oxygen atoms in total. The van der Waals surface area contributed by atoms with Crippen molar-refractivity contribution in [2.24, 2.45) is 0 Å². The number of hydrogen-bond donors (Lipinski definition) is 1. The van der Waals surface area contributed by atoms with Crippen LogP contribution >= 0.6 is 0 Å². The summed E-state index contributed by atoms with van der Waals surface area (Å²) in [6.45, 7) is 3.25. The molecule has 0 radical (unpaired) electrons. The zero-order chi connectivity index (χ0) is 21.6. The third-order valence-electron chi connectivity index (χ3n) is 5.12. The number of aromatic nitrogens is 1. The summed E-state index contributed by atoms with van der Waals surface area (Å²) in [7, 11) is 0. The predicted octanol–water partition coefficient (Wildman–Crippen LogP) is 5.19. The average Bonchev–Trinajstić information content (AvgIpc) is 3.07. The van der Waals surface area contributed by atoms with E-state index in [0.717, 1.165) is 18.2 Å². The minimum absolute atomic E-state index is 0.0382. The van der Waals surface area contributed by atoms with E-state index >= 15 is 0 Å². The Bertz CT molecular complexity index is 1120. The van der Waals surface area contributed by atoms with Crippen molar-refractivity contribution in [1.82, 2.24) is 10.1 Å². The Balaban J connectivity index is 1.61. The Morgan fingerprint density at radius 3 is 2.63 bits per heavy atom. The van der Waals surface area contributed by atoms with Crippen molar-refractivity contribution >= 4 is 11.7 Å². The predicted molar refractivity (Wildman–Crippen MR) is 101 cm³/mol. The van der Waals surface area contributed by atoms with E-state index in [1.807, 2.05) is 0 Å². The Hall–Kier alpha value is -3.36. The summed E-state index contributed by atoms with van der Waals surface area (Å²) >= 11 is 0. The minimum atomic E-state index is -1.06. The number of urea groups is 1. The van der Waals surface area contributed by atoms with E-state index in [2.05, 4.69) is 10.5 Å². The van der Waals surface area contributed by atoms with E-state index in [-0.39, 0.29) is 35.2 Å². The molecule has 2 heterocycles. The molecule has 2 amide bonds. The van der Waals surface area contributed by atoms with Crippen molar-refractivity contribution < 1.29 is 26.9 Å². The van der Waals surface area contributed by atoms with E-state index in [9.17, 15) is 22.4 Å². The monoisotopic (exact) mass is 419 g/mol. The molecule has 0 saturated carbocycles. The SMILES string of the molecule is Cc1cc(NC(=O)N2Cc3c(noc3-c3ccc(F)cc3F)C[C@@H]2C)cc(F)c1F. The molecule has 0 unspecified atom stereocenters. The Morgan fingerprint density at radius 1 is 1.17 bits per heavy atom. The van der Waals surface area contributed by atoms with Crippen molar-refractivity contribution in [3.8, 4) is 11.3 Å². The lowest BCUT2D eigenvalue weighted by molar-refractivity contribution is 0.182. The lowest BCUT2D eigenvalue weighted by atomic mass is 9.97. The number of hydrogen-bond acceptors (Lipinski definition) is 3. The topological polar surface area (TPSA) is 58.4 Å². The van der Waals surface area contributed by atoms with E-state index in [1.165, 1.54) is 24.0 Å². The number of carbonyl (C=O) groups is 1. The summed E-state index contributed by atoms with van der Waals surface area (Å²) < 4.78 is 59.9. The molecule has 0 saturated heterocycles. The summed E-state index contributed by atoms with van der Waals surface area (Å²) in [5.74, 6) is -3.44. The quantitative estimate of drug-likeness (QED) is 0.582. The summed E-state index contributed by atoms with van der Waals surface area (Å²) in [5, 5.41) is 6.53. The van der Waals surface area contributed by atoms with E-state index < -0.39 is 29.3 Å².